The number of aryl methyl sites for hydroxylation is 2. The van der Waals surface area contributed by atoms with Crippen LogP contribution in [0.3, 0.4) is 0 Å². The molecule has 1 aliphatic rings. The van der Waals surface area contributed by atoms with E-state index in [1.807, 2.05) is 6.92 Å². The van der Waals surface area contributed by atoms with Gasteiger partial charge in [0.2, 0.25) is 0 Å². The third-order valence-electron chi connectivity index (χ3n) is 5.19. The van der Waals surface area contributed by atoms with Gasteiger partial charge in [0.15, 0.2) is 0 Å². The van der Waals surface area contributed by atoms with E-state index < -0.39 is 0 Å². The number of hydrogen-bond donors (Lipinski definition) is 1. The monoisotopic (exact) mass is 342 g/mol. The number of aliphatic hydroxyl groups is 1. The summed E-state index contributed by atoms with van der Waals surface area (Å²) in [7, 11) is 0. The molecule has 0 bridgehead atoms. The van der Waals surface area contributed by atoms with Crippen molar-refractivity contribution >= 4 is 0 Å². The van der Waals surface area contributed by atoms with Crippen LogP contribution in [0.1, 0.15) is 61.4 Å². The average Bonchev–Trinajstić information content (AvgIpc) is 2.98. The number of rotatable bonds is 8. The Kier molecular flexibility index (Phi) is 6.21. The summed E-state index contributed by atoms with van der Waals surface area (Å²) < 4.78 is 2.24. The van der Waals surface area contributed by atoms with Crippen LogP contribution in [0.2, 0.25) is 0 Å². The first-order valence-electron chi connectivity index (χ1n) is 9.56. The van der Waals surface area contributed by atoms with Crippen molar-refractivity contribution in [3.8, 4) is 0 Å². The highest BCUT2D eigenvalue weighted by molar-refractivity contribution is 5.32. The third kappa shape index (κ3) is 4.10. The smallest absolute Gasteiger partial charge is 0.147 e. The lowest BCUT2D eigenvalue weighted by molar-refractivity contribution is 0.146. The van der Waals surface area contributed by atoms with Gasteiger partial charge in [0, 0.05) is 25.7 Å². The number of aromatic nitrogens is 3. The summed E-state index contributed by atoms with van der Waals surface area (Å²) in [6.45, 7) is 7.08. The highest BCUT2D eigenvalue weighted by atomic mass is 16.3. The van der Waals surface area contributed by atoms with E-state index in [0.717, 1.165) is 44.1 Å². The summed E-state index contributed by atoms with van der Waals surface area (Å²) in [4.78, 5) is 2.49. The maximum absolute atomic E-state index is 9.36. The fraction of sp³-hybridized carbons (Fsp3) is 0.600. The molecule has 0 amide bonds. The zero-order chi connectivity index (χ0) is 17.6. The Balaban J connectivity index is 1.86. The van der Waals surface area contributed by atoms with Crippen molar-refractivity contribution in [2.75, 3.05) is 13.2 Å². The first-order valence-corrected chi connectivity index (χ1v) is 9.56. The molecular formula is C20H30N4O. The van der Waals surface area contributed by atoms with E-state index >= 15 is 0 Å². The quantitative estimate of drug-likeness (QED) is 0.800. The van der Waals surface area contributed by atoms with Crippen molar-refractivity contribution in [3.63, 3.8) is 0 Å². The molecule has 0 saturated heterocycles. The first kappa shape index (κ1) is 18.1. The second-order valence-electron chi connectivity index (χ2n) is 6.97. The predicted molar refractivity (Wildman–Crippen MR) is 99.3 cm³/mol. The fourth-order valence-electron chi connectivity index (χ4n) is 3.96. The normalized spacial score (nSPS) is 17.0. The standard InChI is InChI=1S/C20H30N4O/c1-3-12-24-16(2)21-22-20(24)15-23(13-7-14-25)19-11-6-9-17-8-4-5-10-18(17)19/h4-5,8,10,19,25H,3,6-7,9,11-15H2,1-2H3. The molecule has 1 aliphatic carbocycles. The van der Waals surface area contributed by atoms with Gasteiger partial charge in [-0.3, -0.25) is 4.90 Å². The van der Waals surface area contributed by atoms with Gasteiger partial charge in [-0.25, -0.2) is 0 Å². The minimum Gasteiger partial charge on any atom is -0.396 e. The average molecular weight is 342 g/mol. The van der Waals surface area contributed by atoms with Crippen molar-refractivity contribution in [1.82, 2.24) is 19.7 Å². The van der Waals surface area contributed by atoms with Crippen molar-refractivity contribution in [2.24, 2.45) is 0 Å². The van der Waals surface area contributed by atoms with Gasteiger partial charge >= 0.3 is 0 Å². The van der Waals surface area contributed by atoms with E-state index in [-0.39, 0.29) is 6.61 Å². The number of fused-ring (bicyclic) bond motifs is 1. The molecule has 136 valence electrons. The molecule has 1 aromatic carbocycles. The van der Waals surface area contributed by atoms with Gasteiger partial charge in [-0.05, 0) is 50.2 Å². The zero-order valence-corrected chi connectivity index (χ0v) is 15.5. The van der Waals surface area contributed by atoms with E-state index in [0.29, 0.717) is 6.04 Å². The Hall–Kier alpha value is -1.72. The Morgan fingerprint density at radius 2 is 2.12 bits per heavy atom. The van der Waals surface area contributed by atoms with Gasteiger partial charge in [-0.15, -0.1) is 10.2 Å². The second-order valence-corrected chi connectivity index (χ2v) is 6.97. The molecule has 3 rings (SSSR count). The highest BCUT2D eigenvalue weighted by Gasteiger charge is 2.27. The molecule has 2 aromatic rings. The molecule has 1 unspecified atom stereocenters. The topological polar surface area (TPSA) is 54.2 Å². The summed E-state index contributed by atoms with van der Waals surface area (Å²) in [6.07, 6.45) is 5.43. The van der Waals surface area contributed by atoms with Crippen LogP contribution in [0.25, 0.3) is 0 Å². The van der Waals surface area contributed by atoms with E-state index in [4.69, 9.17) is 0 Å². The van der Waals surface area contributed by atoms with Crippen LogP contribution in [0.15, 0.2) is 24.3 Å². The Labute approximate surface area is 150 Å². The first-order chi connectivity index (χ1) is 12.2. The molecule has 25 heavy (non-hydrogen) atoms. The molecule has 1 atom stereocenters. The van der Waals surface area contributed by atoms with Gasteiger partial charge in [0.05, 0.1) is 6.54 Å². The van der Waals surface area contributed by atoms with Crippen molar-refractivity contribution in [1.29, 1.82) is 0 Å². The predicted octanol–water partition coefficient (Wildman–Crippen LogP) is 3.26. The summed E-state index contributed by atoms with van der Waals surface area (Å²) in [5.74, 6) is 2.03. The Morgan fingerprint density at radius 3 is 2.92 bits per heavy atom. The summed E-state index contributed by atoms with van der Waals surface area (Å²) in [5.41, 5.74) is 2.92. The van der Waals surface area contributed by atoms with Crippen LogP contribution >= 0.6 is 0 Å². The van der Waals surface area contributed by atoms with E-state index in [2.05, 4.69) is 50.9 Å². The fourth-order valence-corrected chi connectivity index (χ4v) is 3.96. The maximum atomic E-state index is 9.36. The van der Waals surface area contributed by atoms with Crippen LogP contribution in [0, 0.1) is 6.92 Å². The number of aliphatic hydroxyl groups excluding tert-OH is 1. The van der Waals surface area contributed by atoms with Crippen LogP contribution in [-0.4, -0.2) is 37.9 Å². The third-order valence-corrected chi connectivity index (χ3v) is 5.19. The lowest BCUT2D eigenvalue weighted by Gasteiger charge is -2.35. The van der Waals surface area contributed by atoms with Crippen LogP contribution in [0.4, 0.5) is 0 Å². The Bertz CT molecular complexity index is 682. The van der Waals surface area contributed by atoms with Gasteiger partial charge < -0.3 is 9.67 Å². The van der Waals surface area contributed by atoms with Gasteiger partial charge in [-0.1, -0.05) is 31.2 Å². The lowest BCUT2D eigenvalue weighted by Crippen LogP contribution is -2.33. The molecule has 0 spiro atoms. The highest BCUT2D eigenvalue weighted by Crippen LogP contribution is 2.35. The summed E-state index contributed by atoms with van der Waals surface area (Å²) >= 11 is 0. The van der Waals surface area contributed by atoms with E-state index in [9.17, 15) is 5.11 Å². The largest absolute Gasteiger partial charge is 0.396 e. The van der Waals surface area contributed by atoms with Crippen molar-refractivity contribution in [2.45, 2.75) is 65.1 Å². The molecule has 0 fully saturated rings. The number of hydrogen-bond acceptors (Lipinski definition) is 4. The van der Waals surface area contributed by atoms with Crippen molar-refractivity contribution < 1.29 is 5.11 Å². The summed E-state index contributed by atoms with van der Waals surface area (Å²) in [5, 5.41) is 18.1. The molecule has 1 aromatic heterocycles. The van der Waals surface area contributed by atoms with Gasteiger partial charge in [0.1, 0.15) is 11.6 Å². The van der Waals surface area contributed by atoms with Crippen LogP contribution in [-0.2, 0) is 19.5 Å². The molecule has 0 radical (unpaired) electrons. The molecule has 0 saturated carbocycles. The van der Waals surface area contributed by atoms with E-state index in [1.165, 1.54) is 30.4 Å². The summed E-state index contributed by atoms with van der Waals surface area (Å²) in [6, 6.07) is 9.22. The van der Waals surface area contributed by atoms with Gasteiger partial charge in [0.25, 0.3) is 0 Å². The molecule has 5 nitrogen and oxygen atoms in total. The van der Waals surface area contributed by atoms with Gasteiger partial charge in [-0.2, -0.15) is 0 Å². The molecule has 1 heterocycles. The Morgan fingerprint density at radius 1 is 1.28 bits per heavy atom. The molecule has 0 aliphatic heterocycles. The second kappa shape index (κ2) is 8.59. The number of benzene rings is 1. The van der Waals surface area contributed by atoms with Crippen LogP contribution < -0.4 is 0 Å². The van der Waals surface area contributed by atoms with E-state index in [1.54, 1.807) is 0 Å². The molecule has 1 N–H and O–H groups in total. The van der Waals surface area contributed by atoms with Crippen LogP contribution in [0.5, 0.6) is 0 Å². The minimum atomic E-state index is 0.228. The zero-order valence-electron chi connectivity index (χ0n) is 15.5. The number of nitrogens with zero attached hydrogens (tertiary/aromatic N) is 4. The van der Waals surface area contributed by atoms with Crippen molar-refractivity contribution in [3.05, 3.63) is 47.0 Å². The minimum absolute atomic E-state index is 0.228. The SMILES string of the molecule is CCCn1c(C)nnc1CN(CCCO)C1CCCc2ccccc21. The maximum Gasteiger partial charge on any atom is 0.147 e. The molecular weight excluding hydrogens is 312 g/mol. The lowest BCUT2D eigenvalue weighted by atomic mass is 9.86. The molecule has 5 heteroatoms.